The first kappa shape index (κ1) is 13.2. The third-order valence-electron chi connectivity index (χ3n) is 2.00. The number of hydrogen-bond acceptors (Lipinski definition) is 3. The second-order valence-electron chi connectivity index (χ2n) is 3.03. The van der Waals surface area contributed by atoms with E-state index >= 15 is 0 Å². The van der Waals surface area contributed by atoms with E-state index in [-0.39, 0.29) is 18.4 Å². The van der Waals surface area contributed by atoms with Crippen LogP contribution in [0.5, 0.6) is 5.88 Å². The van der Waals surface area contributed by atoms with Crippen molar-refractivity contribution in [2.24, 2.45) is 5.73 Å². The Hall–Kier alpha value is -0.800. The van der Waals surface area contributed by atoms with E-state index < -0.39 is 0 Å². The Morgan fingerprint density at radius 2 is 2.21 bits per heavy atom. The van der Waals surface area contributed by atoms with Gasteiger partial charge in [-0.25, -0.2) is 4.98 Å². The molecule has 0 radical (unpaired) electrons. The number of pyridine rings is 1. The maximum absolute atomic E-state index is 5.92. The molecule has 0 saturated heterocycles. The summed E-state index contributed by atoms with van der Waals surface area (Å²) in [6.07, 6.45) is 3.86. The average molecular weight is 217 g/mol. The molecule has 1 heterocycles. The van der Waals surface area contributed by atoms with E-state index in [4.69, 9.17) is 10.5 Å². The highest BCUT2D eigenvalue weighted by Gasteiger charge is 2.04. The van der Waals surface area contributed by atoms with Crippen LogP contribution in [0.3, 0.4) is 0 Å². The van der Waals surface area contributed by atoms with Crippen LogP contribution in [0, 0.1) is 0 Å². The Morgan fingerprint density at radius 1 is 1.50 bits per heavy atom. The second kappa shape index (κ2) is 6.62. The fraction of sp³-hybridized carbons (Fsp3) is 0.500. The molecule has 80 valence electrons. The molecule has 0 spiro atoms. The lowest BCUT2D eigenvalue weighted by Gasteiger charge is -2.09. The van der Waals surface area contributed by atoms with E-state index in [2.05, 4.69) is 11.9 Å². The van der Waals surface area contributed by atoms with Gasteiger partial charge >= 0.3 is 0 Å². The number of aromatic nitrogens is 1. The first-order valence-electron chi connectivity index (χ1n) is 4.53. The molecule has 0 amide bonds. The van der Waals surface area contributed by atoms with Crippen molar-refractivity contribution in [1.82, 2.24) is 4.98 Å². The second-order valence-corrected chi connectivity index (χ2v) is 3.03. The Balaban J connectivity index is 0.00000169. The van der Waals surface area contributed by atoms with E-state index in [1.54, 1.807) is 13.3 Å². The predicted molar refractivity (Wildman–Crippen MR) is 59.9 cm³/mol. The van der Waals surface area contributed by atoms with Crippen LogP contribution in [0.4, 0.5) is 0 Å². The molecule has 4 heteroatoms. The van der Waals surface area contributed by atoms with Gasteiger partial charge in [0.15, 0.2) is 0 Å². The Morgan fingerprint density at radius 3 is 2.64 bits per heavy atom. The van der Waals surface area contributed by atoms with Gasteiger partial charge in [0.05, 0.1) is 7.11 Å². The van der Waals surface area contributed by atoms with Gasteiger partial charge in [-0.05, 0) is 12.0 Å². The zero-order chi connectivity index (χ0) is 9.68. The molecule has 2 N–H and O–H groups in total. The third-order valence-corrected chi connectivity index (χ3v) is 2.00. The van der Waals surface area contributed by atoms with Crippen molar-refractivity contribution >= 4 is 12.4 Å². The minimum Gasteiger partial charge on any atom is -0.481 e. The van der Waals surface area contributed by atoms with Gasteiger partial charge in [0.2, 0.25) is 5.88 Å². The lowest BCUT2D eigenvalue weighted by molar-refractivity contribution is 0.397. The number of hydrogen-bond donors (Lipinski definition) is 1. The van der Waals surface area contributed by atoms with Crippen molar-refractivity contribution in [3.05, 3.63) is 23.9 Å². The molecule has 3 nitrogen and oxygen atoms in total. The lowest BCUT2D eigenvalue weighted by Crippen LogP contribution is -2.09. The number of ether oxygens (including phenoxy) is 1. The maximum atomic E-state index is 5.92. The van der Waals surface area contributed by atoms with Crippen LogP contribution in [0.25, 0.3) is 0 Å². The molecule has 1 rings (SSSR count). The Bertz CT molecular complexity index is 251. The molecule has 1 aromatic rings. The summed E-state index contributed by atoms with van der Waals surface area (Å²) < 4.78 is 4.96. The first-order valence-corrected chi connectivity index (χ1v) is 4.53. The normalized spacial score (nSPS) is 11.6. The van der Waals surface area contributed by atoms with Crippen molar-refractivity contribution < 1.29 is 4.74 Å². The lowest BCUT2D eigenvalue weighted by atomic mass is 10.1. The van der Waals surface area contributed by atoms with Gasteiger partial charge in [-0.2, -0.15) is 0 Å². The molecule has 0 fully saturated rings. The van der Waals surface area contributed by atoms with Crippen LogP contribution < -0.4 is 10.5 Å². The fourth-order valence-corrected chi connectivity index (χ4v) is 1.21. The molecule has 0 saturated carbocycles. The highest BCUT2D eigenvalue weighted by atomic mass is 35.5. The van der Waals surface area contributed by atoms with Crippen LogP contribution in [0.2, 0.25) is 0 Å². The van der Waals surface area contributed by atoms with Crippen LogP contribution in [-0.4, -0.2) is 12.1 Å². The summed E-state index contributed by atoms with van der Waals surface area (Å²) >= 11 is 0. The largest absolute Gasteiger partial charge is 0.481 e. The standard InChI is InChI=1S/C10H16N2O.ClH/c1-3-4-9(11)8-5-6-10(13-2)12-7-8;/h5-7,9H,3-4,11H2,1-2H3;1H/t9-;/m1./s1. The van der Waals surface area contributed by atoms with Crippen molar-refractivity contribution in [2.75, 3.05) is 7.11 Å². The first-order chi connectivity index (χ1) is 6.27. The smallest absolute Gasteiger partial charge is 0.212 e. The summed E-state index contributed by atoms with van der Waals surface area (Å²) in [4.78, 5) is 4.10. The van der Waals surface area contributed by atoms with Gasteiger partial charge in [0.1, 0.15) is 0 Å². The molecule has 0 aliphatic rings. The summed E-state index contributed by atoms with van der Waals surface area (Å²) in [7, 11) is 1.61. The van der Waals surface area contributed by atoms with Gasteiger partial charge in [0.25, 0.3) is 0 Å². The summed E-state index contributed by atoms with van der Waals surface area (Å²) in [5.41, 5.74) is 6.99. The number of methoxy groups -OCH3 is 1. The van der Waals surface area contributed by atoms with Crippen LogP contribution in [0.15, 0.2) is 18.3 Å². The number of nitrogens with zero attached hydrogens (tertiary/aromatic N) is 1. The Kier molecular flexibility index (Phi) is 6.25. The van der Waals surface area contributed by atoms with Crippen LogP contribution in [-0.2, 0) is 0 Å². The Labute approximate surface area is 91.1 Å². The van der Waals surface area contributed by atoms with Crippen LogP contribution >= 0.6 is 12.4 Å². The molecular formula is C10H17ClN2O. The third kappa shape index (κ3) is 3.52. The maximum Gasteiger partial charge on any atom is 0.212 e. The van der Waals surface area contributed by atoms with Gasteiger partial charge in [-0.3, -0.25) is 0 Å². The number of nitrogens with two attached hydrogens (primary N) is 1. The summed E-state index contributed by atoms with van der Waals surface area (Å²) in [6, 6.07) is 3.90. The van der Waals surface area contributed by atoms with E-state index in [1.807, 2.05) is 12.1 Å². The topological polar surface area (TPSA) is 48.1 Å². The van der Waals surface area contributed by atoms with Crippen molar-refractivity contribution in [1.29, 1.82) is 0 Å². The molecule has 14 heavy (non-hydrogen) atoms. The van der Waals surface area contributed by atoms with Gasteiger partial charge in [-0.15, -0.1) is 12.4 Å². The van der Waals surface area contributed by atoms with Crippen molar-refractivity contribution in [3.63, 3.8) is 0 Å². The molecule has 0 bridgehead atoms. The van der Waals surface area contributed by atoms with E-state index in [0.717, 1.165) is 18.4 Å². The molecule has 0 aliphatic carbocycles. The minimum absolute atomic E-state index is 0. The molecule has 1 aromatic heterocycles. The molecule has 0 aliphatic heterocycles. The molecular weight excluding hydrogens is 200 g/mol. The van der Waals surface area contributed by atoms with E-state index in [1.165, 1.54) is 0 Å². The zero-order valence-corrected chi connectivity index (χ0v) is 9.38. The van der Waals surface area contributed by atoms with Crippen LogP contribution in [0.1, 0.15) is 31.4 Å². The summed E-state index contributed by atoms with van der Waals surface area (Å²) in [6.45, 7) is 2.12. The summed E-state index contributed by atoms with van der Waals surface area (Å²) in [5.74, 6) is 0.632. The highest BCUT2D eigenvalue weighted by molar-refractivity contribution is 5.85. The number of rotatable bonds is 4. The minimum atomic E-state index is 0. The fourth-order valence-electron chi connectivity index (χ4n) is 1.21. The van der Waals surface area contributed by atoms with Gasteiger partial charge in [-0.1, -0.05) is 19.4 Å². The SMILES string of the molecule is CCC[C@@H](N)c1ccc(OC)nc1.Cl. The van der Waals surface area contributed by atoms with E-state index in [0.29, 0.717) is 5.88 Å². The van der Waals surface area contributed by atoms with E-state index in [9.17, 15) is 0 Å². The van der Waals surface area contributed by atoms with Crippen molar-refractivity contribution in [2.45, 2.75) is 25.8 Å². The highest BCUT2D eigenvalue weighted by Crippen LogP contribution is 2.16. The van der Waals surface area contributed by atoms with Crippen molar-refractivity contribution in [3.8, 4) is 5.88 Å². The average Bonchev–Trinajstić information content (AvgIpc) is 2.18. The predicted octanol–water partition coefficient (Wildman–Crippen LogP) is 2.31. The molecule has 1 atom stereocenters. The summed E-state index contributed by atoms with van der Waals surface area (Å²) in [5, 5.41) is 0. The monoisotopic (exact) mass is 216 g/mol. The quantitative estimate of drug-likeness (QED) is 0.841. The molecule has 0 unspecified atom stereocenters. The number of halogens is 1. The molecule has 0 aromatic carbocycles. The zero-order valence-electron chi connectivity index (χ0n) is 8.56. The van der Waals surface area contributed by atoms with Gasteiger partial charge in [0, 0.05) is 18.3 Å². The van der Waals surface area contributed by atoms with Gasteiger partial charge < -0.3 is 10.5 Å².